The highest BCUT2D eigenvalue weighted by molar-refractivity contribution is 5.88. The molecule has 2 rings (SSSR count). The third-order valence-corrected chi connectivity index (χ3v) is 3.30. The van der Waals surface area contributed by atoms with Gasteiger partial charge in [0.25, 0.3) is 0 Å². The van der Waals surface area contributed by atoms with Crippen molar-refractivity contribution < 1.29 is 4.79 Å². The van der Waals surface area contributed by atoms with Crippen molar-refractivity contribution in [3.05, 3.63) is 24.3 Å². The molecule has 0 saturated carbocycles. The molecule has 1 aromatic carbocycles. The summed E-state index contributed by atoms with van der Waals surface area (Å²) in [6, 6.07) is 8.03. The first-order valence-corrected chi connectivity index (χ1v) is 6.53. The van der Waals surface area contributed by atoms with Gasteiger partial charge >= 0.3 is 0 Å². The Labute approximate surface area is 108 Å². The lowest BCUT2D eigenvalue weighted by molar-refractivity contribution is -0.133. The van der Waals surface area contributed by atoms with Crippen LogP contribution < -0.4 is 10.6 Å². The minimum atomic E-state index is -0.178. The van der Waals surface area contributed by atoms with Gasteiger partial charge in [0.2, 0.25) is 5.91 Å². The van der Waals surface area contributed by atoms with Crippen LogP contribution in [0.25, 0.3) is 0 Å². The van der Waals surface area contributed by atoms with Gasteiger partial charge in [-0.1, -0.05) is 12.1 Å². The van der Waals surface area contributed by atoms with Crippen LogP contribution in [0.5, 0.6) is 0 Å². The molecule has 0 radical (unpaired) electrons. The highest BCUT2D eigenvalue weighted by atomic mass is 16.2. The number of hydrogen-bond acceptors (Lipinski definition) is 3. The van der Waals surface area contributed by atoms with Gasteiger partial charge in [-0.05, 0) is 32.9 Å². The first-order valence-electron chi connectivity index (χ1n) is 6.53. The van der Waals surface area contributed by atoms with Crippen LogP contribution in [0.2, 0.25) is 0 Å². The molecule has 1 aliphatic rings. The highest BCUT2D eigenvalue weighted by Crippen LogP contribution is 2.25. The standard InChI is InChI=1S/C14H21N3O/c1-4-17(10(2)3)14(18)13-9-15-11-7-5-6-8-12(11)16-13/h5-8,10,13,15-16H,4,9H2,1-3H3. The van der Waals surface area contributed by atoms with Crippen LogP contribution in [0.1, 0.15) is 20.8 Å². The maximum Gasteiger partial charge on any atom is 0.247 e. The fraction of sp³-hybridized carbons (Fsp3) is 0.500. The molecule has 0 spiro atoms. The van der Waals surface area contributed by atoms with Crippen molar-refractivity contribution in [1.82, 2.24) is 4.90 Å². The molecule has 0 fully saturated rings. The van der Waals surface area contributed by atoms with Gasteiger partial charge in [0.05, 0.1) is 11.4 Å². The lowest BCUT2D eigenvalue weighted by atomic mass is 10.1. The van der Waals surface area contributed by atoms with Crippen LogP contribution in [0.4, 0.5) is 11.4 Å². The van der Waals surface area contributed by atoms with Gasteiger partial charge in [0.15, 0.2) is 0 Å². The van der Waals surface area contributed by atoms with Gasteiger partial charge in [0.1, 0.15) is 6.04 Å². The summed E-state index contributed by atoms with van der Waals surface area (Å²) >= 11 is 0. The second-order valence-corrected chi connectivity index (χ2v) is 4.84. The molecule has 1 amide bonds. The van der Waals surface area contributed by atoms with Crippen molar-refractivity contribution in [2.45, 2.75) is 32.9 Å². The average molecular weight is 247 g/mol. The number of nitrogens with one attached hydrogen (secondary N) is 2. The third-order valence-electron chi connectivity index (χ3n) is 3.30. The van der Waals surface area contributed by atoms with E-state index < -0.39 is 0 Å². The smallest absolute Gasteiger partial charge is 0.247 e. The number of nitrogens with zero attached hydrogens (tertiary/aromatic N) is 1. The van der Waals surface area contributed by atoms with Gasteiger partial charge in [-0.2, -0.15) is 0 Å². The molecule has 0 saturated heterocycles. The SMILES string of the molecule is CCN(C(=O)C1CNc2ccccc2N1)C(C)C. The number of benzene rings is 1. The summed E-state index contributed by atoms with van der Waals surface area (Å²) in [6.07, 6.45) is 0. The van der Waals surface area contributed by atoms with E-state index in [-0.39, 0.29) is 18.0 Å². The largest absolute Gasteiger partial charge is 0.381 e. The van der Waals surface area contributed by atoms with Gasteiger partial charge in [-0.25, -0.2) is 0 Å². The Kier molecular flexibility index (Phi) is 3.75. The molecule has 0 bridgehead atoms. The molecule has 1 atom stereocenters. The van der Waals surface area contributed by atoms with Gasteiger partial charge in [0, 0.05) is 19.1 Å². The zero-order valence-electron chi connectivity index (χ0n) is 11.2. The van der Waals surface area contributed by atoms with Crippen LogP contribution in [0.15, 0.2) is 24.3 Å². The Morgan fingerprint density at radius 1 is 1.39 bits per heavy atom. The second kappa shape index (κ2) is 5.29. The molecule has 1 aliphatic heterocycles. The van der Waals surface area contributed by atoms with Crippen molar-refractivity contribution >= 4 is 17.3 Å². The van der Waals surface area contributed by atoms with Crippen molar-refractivity contribution in [3.8, 4) is 0 Å². The lowest BCUT2D eigenvalue weighted by Gasteiger charge is -2.33. The number of fused-ring (bicyclic) bond motifs is 1. The summed E-state index contributed by atoms with van der Waals surface area (Å²) in [7, 11) is 0. The second-order valence-electron chi connectivity index (χ2n) is 4.84. The Morgan fingerprint density at radius 3 is 2.67 bits per heavy atom. The molecule has 0 aliphatic carbocycles. The fourth-order valence-corrected chi connectivity index (χ4v) is 2.34. The number of amides is 1. The monoisotopic (exact) mass is 247 g/mol. The van der Waals surface area contributed by atoms with Gasteiger partial charge < -0.3 is 15.5 Å². The normalized spacial score (nSPS) is 17.7. The molecular formula is C14H21N3O. The summed E-state index contributed by atoms with van der Waals surface area (Å²) in [4.78, 5) is 14.3. The summed E-state index contributed by atoms with van der Waals surface area (Å²) in [6.45, 7) is 7.49. The zero-order valence-corrected chi connectivity index (χ0v) is 11.2. The molecule has 2 N–H and O–H groups in total. The summed E-state index contributed by atoms with van der Waals surface area (Å²) in [5, 5.41) is 6.61. The molecular weight excluding hydrogens is 226 g/mol. The highest BCUT2D eigenvalue weighted by Gasteiger charge is 2.27. The number of anilines is 2. The van der Waals surface area contributed by atoms with Crippen LogP contribution in [0.3, 0.4) is 0 Å². The topological polar surface area (TPSA) is 44.4 Å². The van der Waals surface area contributed by atoms with Gasteiger partial charge in [-0.3, -0.25) is 4.79 Å². The fourth-order valence-electron chi connectivity index (χ4n) is 2.34. The maximum atomic E-state index is 12.4. The first-order chi connectivity index (χ1) is 8.63. The molecule has 18 heavy (non-hydrogen) atoms. The molecule has 4 nitrogen and oxygen atoms in total. The Balaban J connectivity index is 2.11. The minimum Gasteiger partial charge on any atom is -0.381 e. The molecule has 98 valence electrons. The third kappa shape index (κ3) is 2.42. The van der Waals surface area contributed by atoms with Crippen molar-refractivity contribution in [1.29, 1.82) is 0 Å². The number of carbonyl (C=O) groups is 1. The van der Waals surface area contributed by atoms with E-state index in [0.29, 0.717) is 6.54 Å². The first kappa shape index (κ1) is 12.7. The van der Waals surface area contributed by atoms with E-state index in [1.54, 1.807) is 0 Å². The molecule has 4 heteroatoms. The van der Waals surface area contributed by atoms with E-state index >= 15 is 0 Å². The Morgan fingerprint density at radius 2 is 2.06 bits per heavy atom. The van der Waals surface area contributed by atoms with E-state index in [1.165, 1.54) is 0 Å². The lowest BCUT2D eigenvalue weighted by Crippen LogP contribution is -2.50. The van der Waals surface area contributed by atoms with E-state index in [0.717, 1.165) is 17.9 Å². The predicted molar refractivity (Wildman–Crippen MR) is 74.9 cm³/mol. The molecule has 1 aromatic rings. The molecule has 1 unspecified atom stereocenters. The van der Waals surface area contributed by atoms with Crippen molar-refractivity contribution in [2.24, 2.45) is 0 Å². The maximum absolute atomic E-state index is 12.4. The van der Waals surface area contributed by atoms with Crippen molar-refractivity contribution in [3.63, 3.8) is 0 Å². The van der Waals surface area contributed by atoms with E-state index in [9.17, 15) is 4.79 Å². The zero-order chi connectivity index (χ0) is 13.1. The number of carbonyl (C=O) groups excluding carboxylic acids is 1. The van der Waals surface area contributed by atoms with E-state index in [1.807, 2.05) is 49.9 Å². The van der Waals surface area contributed by atoms with Crippen LogP contribution in [-0.2, 0) is 4.79 Å². The average Bonchev–Trinajstić information content (AvgIpc) is 2.38. The van der Waals surface area contributed by atoms with Crippen LogP contribution in [0, 0.1) is 0 Å². The number of rotatable bonds is 3. The predicted octanol–water partition coefficient (Wildman–Crippen LogP) is 2.15. The summed E-state index contributed by atoms with van der Waals surface area (Å²) in [5.74, 6) is 0.162. The van der Waals surface area contributed by atoms with E-state index in [4.69, 9.17) is 0 Å². The summed E-state index contributed by atoms with van der Waals surface area (Å²) in [5.41, 5.74) is 2.07. The number of hydrogen-bond donors (Lipinski definition) is 2. The number of para-hydroxylation sites is 2. The molecule has 1 heterocycles. The van der Waals surface area contributed by atoms with Crippen LogP contribution >= 0.6 is 0 Å². The Bertz CT molecular complexity index is 431. The number of likely N-dealkylation sites (N-methyl/N-ethyl adjacent to an activating group) is 1. The minimum absolute atomic E-state index is 0.162. The summed E-state index contributed by atoms with van der Waals surface area (Å²) < 4.78 is 0. The molecule has 0 aromatic heterocycles. The quantitative estimate of drug-likeness (QED) is 0.860. The Hall–Kier alpha value is -1.71. The van der Waals surface area contributed by atoms with Crippen LogP contribution in [-0.4, -0.2) is 36.0 Å². The van der Waals surface area contributed by atoms with E-state index in [2.05, 4.69) is 10.6 Å². The van der Waals surface area contributed by atoms with Crippen molar-refractivity contribution in [2.75, 3.05) is 23.7 Å². The van der Waals surface area contributed by atoms with Gasteiger partial charge in [-0.15, -0.1) is 0 Å².